The molecule has 0 N–H and O–H groups in total. The summed E-state index contributed by atoms with van der Waals surface area (Å²) in [7, 11) is 0. The molecule has 0 atom stereocenters. The van der Waals surface area contributed by atoms with Gasteiger partial charge in [0.15, 0.2) is 0 Å². The number of furan rings is 1. The number of nitrogens with zero attached hydrogens (tertiary/aromatic N) is 1. The minimum Gasteiger partial charge on any atom is -0.455 e. The van der Waals surface area contributed by atoms with E-state index in [1.807, 2.05) is 11.3 Å². The van der Waals surface area contributed by atoms with E-state index in [4.69, 9.17) is 4.42 Å². The van der Waals surface area contributed by atoms with Crippen LogP contribution in [0.25, 0.3) is 108 Å². The Morgan fingerprint density at radius 3 is 1.75 bits per heavy atom. The fourth-order valence-corrected chi connectivity index (χ4v) is 11.2. The van der Waals surface area contributed by atoms with Crippen molar-refractivity contribution in [3.05, 3.63) is 237 Å². The van der Waals surface area contributed by atoms with Crippen LogP contribution in [0.3, 0.4) is 0 Å². The van der Waals surface area contributed by atoms with E-state index in [0.717, 1.165) is 50.1 Å². The van der Waals surface area contributed by atoms with Gasteiger partial charge in [-0.2, -0.15) is 0 Å². The van der Waals surface area contributed by atoms with E-state index in [0.29, 0.717) is 0 Å². The maximum atomic E-state index is 6.91. The van der Waals surface area contributed by atoms with E-state index in [2.05, 4.69) is 241 Å². The van der Waals surface area contributed by atoms with Gasteiger partial charge in [0.1, 0.15) is 11.2 Å². The third kappa shape index (κ3) is 6.24. The molecule has 2 aromatic heterocycles. The summed E-state index contributed by atoms with van der Waals surface area (Å²) in [5, 5.41) is 9.60. The number of hydrogen-bond acceptors (Lipinski definition) is 3. The van der Waals surface area contributed by atoms with Crippen molar-refractivity contribution >= 4 is 92.1 Å². The molecule has 2 nitrogen and oxygen atoms in total. The van der Waals surface area contributed by atoms with Crippen LogP contribution in [0.4, 0.5) is 17.1 Å². The van der Waals surface area contributed by atoms with Crippen LogP contribution in [0.1, 0.15) is 0 Å². The summed E-state index contributed by atoms with van der Waals surface area (Å²) >= 11 is 1.88. The molecule has 65 heavy (non-hydrogen) atoms. The van der Waals surface area contributed by atoms with E-state index in [9.17, 15) is 0 Å². The molecule has 0 unspecified atom stereocenters. The second-order valence-electron chi connectivity index (χ2n) is 16.8. The Balaban J connectivity index is 0.989. The van der Waals surface area contributed by atoms with Crippen molar-refractivity contribution in [1.82, 2.24) is 0 Å². The van der Waals surface area contributed by atoms with Crippen LogP contribution in [0, 0.1) is 0 Å². The first-order valence-electron chi connectivity index (χ1n) is 22.2. The van der Waals surface area contributed by atoms with Crippen molar-refractivity contribution in [2.75, 3.05) is 4.90 Å². The molecule has 0 aliphatic heterocycles. The van der Waals surface area contributed by atoms with E-state index in [-0.39, 0.29) is 0 Å². The lowest BCUT2D eigenvalue weighted by Crippen LogP contribution is -2.11. The maximum Gasteiger partial charge on any atom is 0.145 e. The molecular formula is C62H39NOS. The Bertz CT molecular complexity index is 3920. The van der Waals surface area contributed by atoms with Gasteiger partial charge in [-0.25, -0.2) is 0 Å². The van der Waals surface area contributed by atoms with Gasteiger partial charge in [-0.15, -0.1) is 11.3 Å². The molecule has 0 saturated heterocycles. The lowest BCUT2D eigenvalue weighted by molar-refractivity contribution is 0.670. The molecule has 11 aromatic carbocycles. The summed E-state index contributed by atoms with van der Waals surface area (Å²) in [6, 6.07) is 85.8. The second kappa shape index (κ2) is 15.2. The van der Waals surface area contributed by atoms with E-state index in [1.165, 1.54) is 75.1 Å². The van der Waals surface area contributed by atoms with Crippen LogP contribution in [0.5, 0.6) is 0 Å². The van der Waals surface area contributed by atoms with Gasteiger partial charge in [0.25, 0.3) is 0 Å². The van der Waals surface area contributed by atoms with Gasteiger partial charge in [0.2, 0.25) is 0 Å². The highest BCUT2D eigenvalue weighted by Crippen LogP contribution is 2.49. The Morgan fingerprint density at radius 2 is 0.923 bits per heavy atom. The lowest BCUT2D eigenvalue weighted by Gasteiger charge is -2.28. The van der Waals surface area contributed by atoms with Crippen molar-refractivity contribution in [3.8, 4) is 44.5 Å². The predicted octanol–water partition coefficient (Wildman–Crippen LogP) is 18.4. The van der Waals surface area contributed by atoms with E-state index >= 15 is 0 Å². The third-order valence-corrected chi connectivity index (χ3v) is 14.3. The molecule has 3 heteroatoms. The fourth-order valence-electron chi connectivity index (χ4n) is 9.96. The van der Waals surface area contributed by atoms with Crippen molar-refractivity contribution < 1.29 is 4.42 Å². The normalized spacial score (nSPS) is 11.7. The molecule has 0 radical (unpaired) electrons. The maximum absolute atomic E-state index is 6.91. The highest BCUT2D eigenvalue weighted by molar-refractivity contribution is 7.26. The molecule has 13 aromatic rings. The van der Waals surface area contributed by atoms with Gasteiger partial charge >= 0.3 is 0 Å². The standard InChI is InChI=1S/C62H39NOS/c1-3-13-40(14-4-1)41-25-27-45(28-26-41)50-37-38-56(60-54-20-9-10-24-57(54)64-61(50)60)63(55-23-11-18-46-30-29-44-17-7-8-19-49(44)59(46)55)48-34-31-42(32-35-48)47-33-36-52-53-22-12-21-51(43-15-5-2-6-16-43)62(53)65-58(52)39-47/h1-39H. The summed E-state index contributed by atoms with van der Waals surface area (Å²) in [5.41, 5.74) is 14.4. The summed E-state index contributed by atoms with van der Waals surface area (Å²) in [4.78, 5) is 2.45. The second-order valence-corrected chi connectivity index (χ2v) is 17.8. The number of thiophene rings is 1. The number of rotatable bonds is 7. The number of para-hydroxylation sites is 1. The van der Waals surface area contributed by atoms with E-state index in [1.54, 1.807) is 0 Å². The van der Waals surface area contributed by atoms with Crippen LogP contribution in [-0.4, -0.2) is 0 Å². The Kier molecular flexibility index (Phi) is 8.75. The monoisotopic (exact) mass is 845 g/mol. The molecule has 0 amide bonds. The summed E-state index contributed by atoms with van der Waals surface area (Å²) < 4.78 is 9.53. The SMILES string of the molecule is c1ccc(-c2ccc(-c3ccc(N(c4ccc(-c5ccc6c(c5)sc5c(-c7ccccc7)cccc56)cc4)c4cccc5ccc6ccccc6c45)c4c3oc3ccccc34)cc2)cc1. The first-order chi connectivity index (χ1) is 32.2. The Labute approximate surface area is 380 Å². The highest BCUT2D eigenvalue weighted by Gasteiger charge is 2.24. The van der Waals surface area contributed by atoms with Crippen LogP contribution in [0.15, 0.2) is 241 Å². The molecule has 0 saturated carbocycles. The molecule has 0 aliphatic carbocycles. The highest BCUT2D eigenvalue weighted by atomic mass is 32.1. The summed E-state index contributed by atoms with van der Waals surface area (Å²) in [5.74, 6) is 0. The van der Waals surface area contributed by atoms with Gasteiger partial charge in [-0.05, 0) is 97.6 Å². The minimum atomic E-state index is 0.864. The number of fused-ring (bicyclic) bond motifs is 9. The molecule has 0 fully saturated rings. The average Bonchev–Trinajstić information content (AvgIpc) is 3.96. The van der Waals surface area contributed by atoms with Gasteiger partial charge in [0.05, 0.1) is 16.8 Å². The van der Waals surface area contributed by atoms with Crippen LogP contribution in [-0.2, 0) is 0 Å². The molecule has 0 bridgehead atoms. The first-order valence-corrected chi connectivity index (χ1v) is 23.0. The smallest absolute Gasteiger partial charge is 0.145 e. The number of anilines is 3. The number of hydrogen-bond donors (Lipinski definition) is 0. The fraction of sp³-hybridized carbons (Fsp3) is 0. The molecule has 13 rings (SSSR count). The van der Waals surface area contributed by atoms with Crippen LogP contribution < -0.4 is 4.90 Å². The quantitative estimate of drug-likeness (QED) is 0.149. The van der Waals surface area contributed by atoms with Gasteiger partial charge in [-0.3, -0.25) is 0 Å². The zero-order valence-corrected chi connectivity index (χ0v) is 36.1. The predicted molar refractivity (Wildman–Crippen MR) is 278 cm³/mol. The Hall–Kier alpha value is -8.24. The van der Waals surface area contributed by atoms with Crippen molar-refractivity contribution in [3.63, 3.8) is 0 Å². The van der Waals surface area contributed by atoms with Gasteiger partial charge in [-0.1, -0.05) is 194 Å². The van der Waals surface area contributed by atoms with Gasteiger partial charge in [0, 0.05) is 42.2 Å². The van der Waals surface area contributed by atoms with Crippen molar-refractivity contribution in [2.24, 2.45) is 0 Å². The molecular weight excluding hydrogens is 807 g/mol. The van der Waals surface area contributed by atoms with Crippen LogP contribution >= 0.6 is 11.3 Å². The number of benzene rings is 11. The first kappa shape index (κ1) is 37.3. The topological polar surface area (TPSA) is 16.4 Å². The molecule has 304 valence electrons. The molecule has 0 spiro atoms. The van der Waals surface area contributed by atoms with Crippen LogP contribution in [0.2, 0.25) is 0 Å². The van der Waals surface area contributed by atoms with E-state index < -0.39 is 0 Å². The minimum absolute atomic E-state index is 0.864. The van der Waals surface area contributed by atoms with Gasteiger partial charge < -0.3 is 9.32 Å². The average molecular weight is 846 g/mol. The van der Waals surface area contributed by atoms with Crippen molar-refractivity contribution in [1.29, 1.82) is 0 Å². The van der Waals surface area contributed by atoms with Crippen molar-refractivity contribution in [2.45, 2.75) is 0 Å². The summed E-state index contributed by atoms with van der Waals surface area (Å²) in [6.07, 6.45) is 0. The zero-order chi connectivity index (χ0) is 42.8. The Morgan fingerprint density at radius 1 is 0.338 bits per heavy atom. The zero-order valence-electron chi connectivity index (χ0n) is 35.3. The summed E-state index contributed by atoms with van der Waals surface area (Å²) in [6.45, 7) is 0. The largest absolute Gasteiger partial charge is 0.455 e. The lowest BCUT2D eigenvalue weighted by atomic mass is 9.96. The molecule has 0 aliphatic rings. The molecule has 2 heterocycles. The third-order valence-electron chi connectivity index (χ3n) is 13.1.